The molecule has 0 saturated carbocycles. The quantitative estimate of drug-likeness (QED) is 0.0866. The molecule has 0 aliphatic carbocycles. The summed E-state index contributed by atoms with van der Waals surface area (Å²) in [4.78, 5) is 46.1. The summed E-state index contributed by atoms with van der Waals surface area (Å²) in [5, 5.41) is 4.14. The Morgan fingerprint density at radius 3 is 1.10 bits per heavy atom. The van der Waals surface area contributed by atoms with Crippen molar-refractivity contribution >= 4 is 34.1 Å². The van der Waals surface area contributed by atoms with Gasteiger partial charge in [-0.25, -0.2) is 34.6 Å². The van der Waals surface area contributed by atoms with E-state index in [4.69, 9.17) is 34.4 Å². The number of halogens is 6. The fourth-order valence-electron chi connectivity index (χ4n) is 7.32. The van der Waals surface area contributed by atoms with Gasteiger partial charge in [0, 0.05) is 86.8 Å². The lowest BCUT2D eigenvalue weighted by Gasteiger charge is -2.06. The fourth-order valence-corrected chi connectivity index (χ4v) is 7.32. The van der Waals surface area contributed by atoms with Crippen molar-refractivity contribution in [1.29, 1.82) is 0 Å². The molecule has 12 aromatic rings. The third-order valence-corrected chi connectivity index (χ3v) is 11.4. The lowest BCUT2D eigenvalue weighted by atomic mass is 10.3. The Morgan fingerprint density at radius 1 is 0.357 bits per heavy atom. The van der Waals surface area contributed by atoms with Crippen LogP contribution in [0.4, 0.5) is 60.5 Å². The maximum Gasteiger partial charge on any atom is 0.434 e. The first kappa shape index (κ1) is 60.1. The van der Waals surface area contributed by atoms with Crippen molar-refractivity contribution in [3.05, 3.63) is 214 Å². The average Bonchev–Trinajstić information content (AvgIpc) is 4.41. The number of hydrogen-bond donors (Lipinski definition) is 6. The molecule has 0 aliphatic rings. The van der Waals surface area contributed by atoms with E-state index in [9.17, 15) is 26.3 Å². The first-order valence-corrected chi connectivity index (χ1v) is 24.4. The lowest BCUT2D eigenvalue weighted by Crippen LogP contribution is -2.05. The van der Waals surface area contributed by atoms with Gasteiger partial charge in [0.25, 0.3) is 0 Å². The molecule has 0 fully saturated rings. The highest BCUT2D eigenvalue weighted by molar-refractivity contribution is 5.59. The first-order valence-electron chi connectivity index (χ1n) is 24.4. The zero-order valence-electron chi connectivity index (χ0n) is 45.0. The molecule has 12 aromatic heterocycles. The zero-order valence-corrected chi connectivity index (χ0v) is 45.0. The molecule has 12 heterocycles. The van der Waals surface area contributed by atoms with Crippen LogP contribution in [-0.2, 0) is 12.4 Å². The molecular formula is C53H53F6N25. The highest BCUT2D eigenvalue weighted by atomic mass is 19.4. The van der Waals surface area contributed by atoms with Gasteiger partial charge in [-0.2, -0.15) is 31.4 Å². The normalized spacial score (nSPS) is 10.8. The number of alkyl halides is 6. The van der Waals surface area contributed by atoms with E-state index in [1.54, 1.807) is 91.6 Å². The minimum Gasteiger partial charge on any atom is -0.396 e. The number of hydrogen-bond acceptors (Lipinski definition) is 19. The second-order valence-corrected chi connectivity index (χ2v) is 17.2. The molecule has 31 heteroatoms. The number of imidazole rings is 5. The minimum atomic E-state index is -4.46. The Bertz CT molecular complexity index is 3930. The van der Waals surface area contributed by atoms with E-state index in [2.05, 4.69) is 64.9 Å². The lowest BCUT2D eigenvalue weighted by molar-refractivity contribution is -0.141. The van der Waals surface area contributed by atoms with Gasteiger partial charge in [-0.15, -0.1) is 0 Å². The summed E-state index contributed by atoms with van der Waals surface area (Å²) < 4.78 is 84.2. The molecule has 0 spiro atoms. The summed E-state index contributed by atoms with van der Waals surface area (Å²) in [6.45, 7) is 7.17. The minimum absolute atomic E-state index is 0.218. The molecule has 0 aliphatic heterocycles. The molecule has 0 saturated heterocycles. The van der Waals surface area contributed by atoms with Crippen molar-refractivity contribution in [2.75, 3.05) is 34.4 Å². The van der Waals surface area contributed by atoms with E-state index in [1.165, 1.54) is 53.0 Å². The predicted octanol–water partition coefficient (Wildman–Crippen LogP) is 7.76. The summed E-state index contributed by atoms with van der Waals surface area (Å²) >= 11 is 0. The summed E-state index contributed by atoms with van der Waals surface area (Å²) in [5.41, 5.74) is 39.8. The average molecular weight is 1150 g/mol. The number of aromatic nitrogens is 19. The number of anilines is 6. The van der Waals surface area contributed by atoms with Crippen LogP contribution >= 0.6 is 0 Å². The van der Waals surface area contributed by atoms with Gasteiger partial charge in [-0.05, 0) is 64.1 Å². The van der Waals surface area contributed by atoms with Crippen LogP contribution in [-0.4, -0.2) is 92.4 Å². The van der Waals surface area contributed by atoms with Gasteiger partial charge in [0.15, 0.2) is 11.4 Å². The van der Waals surface area contributed by atoms with Crippen molar-refractivity contribution < 1.29 is 26.3 Å². The van der Waals surface area contributed by atoms with E-state index in [0.29, 0.717) is 39.8 Å². The second-order valence-electron chi connectivity index (χ2n) is 17.2. The summed E-state index contributed by atoms with van der Waals surface area (Å²) in [7, 11) is 0. The van der Waals surface area contributed by atoms with Gasteiger partial charge in [0.1, 0.15) is 29.6 Å². The molecule has 0 aromatic carbocycles. The third kappa shape index (κ3) is 15.6. The van der Waals surface area contributed by atoms with Crippen molar-refractivity contribution in [2.45, 2.75) is 40.0 Å². The molecule has 0 unspecified atom stereocenters. The van der Waals surface area contributed by atoms with Crippen molar-refractivity contribution in [3.63, 3.8) is 0 Å². The molecule has 0 amide bonds. The van der Waals surface area contributed by atoms with Crippen LogP contribution in [0.2, 0.25) is 0 Å². The molecule has 12 rings (SSSR count). The van der Waals surface area contributed by atoms with Crippen LogP contribution in [0.15, 0.2) is 179 Å². The standard InChI is InChI=1S/C10H9F3N4.C9H7F3N4.2C9H10N4.C8H9N5.C8H8N4/c1-6-16-9(10(11,12)13)5-17(6)8-2-3-15-4-7(8)14;10-9(11,12)8-4-16(5-15-8)7-1-2-14-3-6(7)13;2*1-7-12-4-5-13(7)9-2-3-11-6-8(9)10;1-6-11-5-13(12-6)8-2-3-10-4-7(8)9;9-7-5-10-2-1-8(7)12-4-3-11-6-12/h2-5H,14H2,1H3;1-5H,13H2;2*2-6H,10H2,1H3;2-5H,9H2,1H3;1-6H,9H2. The van der Waals surface area contributed by atoms with Crippen LogP contribution in [0.5, 0.6) is 0 Å². The summed E-state index contributed by atoms with van der Waals surface area (Å²) in [6, 6.07) is 10.4. The predicted molar refractivity (Wildman–Crippen MR) is 301 cm³/mol. The number of pyridine rings is 6. The van der Waals surface area contributed by atoms with E-state index in [-0.39, 0.29) is 11.5 Å². The molecule has 84 heavy (non-hydrogen) atoms. The van der Waals surface area contributed by atoms with Gasteiger partial charge < -0.3 is 57.2 Å². The Hall–Kier alpha value is -11.5. The summed E-state index contributed by atoms with van der Waals surface area (Å²) in [6.07, 6.45) is 27.0. The number of rotatable bonds is 6. The number of nitrogen functional groups attached to an aromatic ring is 6. The van der Waals surface area contributed by atoms with Crippen molar-refractivity contribution in [3.8, 4) is 34.1 Å². The van der Waals surface area contributed by atoms with Crippen molar-refractivity contribution in [2.24, 2.45) is 0 Å². The Kier molecular flexibility index (Phi) is 19.4. The maximum atomic E-state index is 12.5. The Labute approximate surface area is 474 Å². The van der Waals surface area contributed by atoms with E-state index in [0.717, 1.165) is 58.9 Å². The Balaban J connectivity index is 0.000000145. The monoisotopic (exact) mass is 1150 g/mol. The van der Waals surface area contributed by atoms with E-state index < -0.39 is 23.7 Å². The van der Waals surface area contributed by atoms with Crippen LogP contribution < -0.4 is 34.4 Å². The highest BCUT2D eigenvalue weighted by Crippen LogP contribution is 2.31. The molecule has 12 N–H and O–H groups in total. The molecule has 25 nitrogen and oxygen atoms in total. The topological polar surface area (TPSA) is 353 Å². The zero-order chi connectivity index (χ0) is 60.6. The molecule has 0 atom stereocenters. The highest BCUT2D eigenvalue weighted by Gasteiger charge is 2.35. The number of aryl methyl sites for hydroxylation is 4. The van der Waals surface area contributed by atoms with Gasteiger partial charge in [-0.3, -0.25) is 29.9 Å². The smallest absolute Gasteiger partial charge is 0.396 e. The third-order valence-electron chi connectivity index (χ3n) is 11.4. The molecule has 0 radical (unpaired) electrons. The maximum absolute atomic E-state index is 12.5. The van der Waals surface area contributed by atoms with Crippen LogP contribution in [0.1, 0.15) is 34.7 Å². The Morgan fingerprint density at radius 2 is 0.762 bits per heavy atom. The van der Waals surface area contributed by atoms with Crippen LogP contribution in [0.3, 0.4) is 0 Å². The molecule has 0 bridgehead atoms. The molecular weight excluding hydrogens is 1100 g/mol. The molecule has 432 valence electrons. The van der Waals surface area contributed by atoms with Gasteiger partial charge in [0.05, 0.1) is 118 Å². The van der Waals surface area contributed by atoms with Gasteiger partial charge in [-0.1, -0.05) is 0 Å². The summed E-state index contributed by atoms with van der Waals surface area (Å²) in [5.74, 6) is 2.77. The van der Waals surface area contributed by atoms with E-state index >= 15 is 0 Å². The van der Waals surface area contributed by atoms with Crippen molar-refractivity contribution in [1.82, 2.24) is 92.4 Å². The van der Waals surface area contributed by atoms with Crippen LogP contribution in [0.25, 0.3) is 34.1 Å². The van der Waals surface area contributed by atoms with E-state index in [1.807, 2.05) is 71.3 Å². The second kappa shape index (κ2) is 27.1. The fraction of sp³-hybridized carbons (Fsp3) is 0.113. The number of nitrogens with two attached hydrogens (primary N) is 6. The SMILES string of the molecule is Cc1nc(C(F)(F)F)cn1-c1ccncc1N.Cc1nccn1-c1ccncc1N.Cc1nccn1-c1ccncc1N.Cc1ncn(-c2ccncc2N)n1.Nc1cnccc1-n1ccnc1.Nc1cnccc1-n1cnc(C(F)(F)F)c1. The van der Waals surface area contributed by atoms with Crippen LogP contribution in [0, 0.1) is 27.7 Å². The number of nitrogens with zero attached hydrogens (tertiary/aromatic N) is 19. The first-order chi connectivity index (χ1) is 40.1. The van der Waals surface area contributed by atoms with Gasteiger partial charge >= 0.3 is 12.4 Å². The largest absolute Gasteiger partial charge is 0.434 e. The van der Waals surface area contributed by atoms with Gasteiger partial charge in [0.2, 0.25) is 0 Å².